The van der Waals surface area contributed by atoms with Crippen LogP contribution in [0.5, 0.6) is 0 Å². The first kappa shape index (κ1) is 30.0. The topological polar surface area (TPSA) is 125 Å². The lowest BCUT2D eigenvalue weighted by Gasteiger charge is -2.37. The van der Waals surface area contributed by atoms with E-state index in [1.807, 2.05) is 36.4 Å². The molecule has 2 N–H and O–H groups in total. The van der Waals surface area contributed by atoms with Crippen molar-refractivity contribution in [1.29, 1.82) is 0 Å². The van der Waals surface area contributed by atoms with Crippen LogP contribution in [-0.4, -0.2) is 88.6 Å². The zero-order valence-electron chi connectivity index (χ0n) is 24.3. The molecule has 0 bridgehead atoms. The summed E-state index contributed by atoms with van der Waals surface area (Å²) in [4.78, 5) is 58.2. The molecule has 3 amide bonds. The highest BCUT2D eigenvalue weighted by atomic mass is 16.6. The minimum Gasteiger partial charge on any atom is -0.455 e. The summed E-state index contributed by atoms with van der Waals surface area (Å²) in [7, 11) is 0. The molecule has 4 aliphatic rings. The molecule has 7 atom stereocenters. The van der Waals surface area contributed by atoms with E-state index in [4.69, 9.17) is 9.47 Å². The number of nitrogens with one attached hydrogen (secondary N) is 1. The number of rotatable bonds is 7. The molecule has 2 fully saturated rings. The van der Waals surface area contributed by atoms with Crippen molar-refractivity contribution in [1.82, 2.24) is 15.1 Å². The van der Waals surface area contributed by atoms with Crippen molar-refractivity contribution in [2.45, 2.75) is 75.8 Å². The summed E-state index contributed by atoms with van der Waals surface area (Å²) in [5, 5.41) is 13.0. The fraction of sp³-hybridized carbons (Fsp3) is 0.562. The van der Waals surface area contributed by atoms with E-state index >= 15 is 0 Å². The van der Waals surface area contributed by atoms with Crippen molar-refractivity contribution in [3.8, 4) is 0 Å². The molecule has 0 aromatic heterocycles. The number of hydrogen-bond donors (Lipinski definition) is 2. The molecule has 2 saturated heterocycles. The first-order valence-corrected chi connectivity index (χ1v) is 15.1. The molecular weight excluding hydrogens is 538 g/mol. The molecule has 42 heavy (non-hydrogen) atoms. The number of nitrogens with zero attached hydrogens (tertiary/aromatic N) is 2. The summed E-state index contributed by atoms with van der Waals surface area (Å²) < 4.78 is 12.7. The monoisotopic (exact) mass is 579 g/mol. The molecule has 4 aliphatic heterocycles. The summed E-state index contributed by atoms with van der Waals surface area (Å²) in [6, 6.07) is 7.45. The van der Waals surface area contributed by atoms with Crippen LogP contribution in [-0.2, 0) is 28.7 Å². The van der Waals surface area contributed by atoms with E-state index < -0.39 is 53.6 Å². The highest BCUT2D eigenvalue weighted by molar-refractivity contribution is 5.99. The van der Waals surface area contributed by atoms with E-state index in [1.165, 1.54) is 4.90 Å². The second kappa shape index (κ2) is 12.8. The van der Waals surface area contributed by atoms with Gasteiger partial charge in [-0.2, -0.15) is 0 Å². The van der Waals surface area contributed by atoms with Crippen LogP contribution >= 0.6 is 0 Å². The maximum Gasteiger partial charge on any atom is 0.313 e. The summed E-state index contributed by atoms with van der Waals surface area (Å²) in [5.74, 6) is -3.52. The van der Waals surface area contributed by atoms with Crippen LogP contribution in [0.2, 0.25) is 0 Å². The first-order valence-electron chi connectivity index (χ1n) is 15.1. The van der Waals surface area contributed by atoms with Crippen LogP contribution in [0.1, 0.15) is 57.6 Å². The number of carbonyl (C=O) groups excluding carboxylic acids is 4. The van der Waals surface area contributed by atoms with Gasteiger partial charge in [-0.25, -0.2) is 0 Å². The third-order valence-electron chi connectivity index (χ3n) is 8.84. The van der Waals surface area contributed by atoms with E-state index in [2.05, 4.69) is 12.2 Å². The molecular formula is C32H41N3O7. The molecule has 5 rings (SSSR count). The lowest BCUT2D eigenvalue weighted by Crippen LogP contribution is -2.57. The standard InChI is InChI=1S/C32H41N3O7/c1-3-4-10-17-34-18-11-16-32-27(29(38)35(21(2)20-36)28(32)30(34)39)26-23(42-32)14-8-9-15-25(37)33-19-24(41-31(26)40)22-12-6-5-7-13-22/h5-8,11-14,16,21,23-24,26-28,36H,3-4,9-10,15,17-20H2,1-2H3,(H,33,37)/b14-8-/t21-,23+,24-,26-,27-,28+,32-/m1/s1. The Bertz CT molecular complexity index is 1230. The van der Waals surface area contributed by atoms with Crippen molar-refractivity contribution >= 4 is 23.7 Å². The summed E-state index contributed by atoms with van der Waals surface area (Å²) in [5.41, 5.74) is -0.700. The van der Waals surface area contributed by atoms with Gasteiger partial charge < -0.3 is 29.7 Å². The van der Waals surface area contributed by atoms with Gasteiger partial charge >= 0.3 is 5.97 Å². The molecule has 4 heterocycles. The molecule has 0 saturated carbocycles. The van der Waals surface area contributed by atoms with Crippen LogP contribution in [0.25, 0.3) is 0 Å². The van der Waals surface area contributed by atoms with E-state index in [0.29, 0.717) is 25.1 Å². The Hall–Kier alpha value is -3.50. The molecule has 1 spiro atoms. The van der Waals surface area contributed by atoms with Crippen LogP contribution < -0.4 is 5.32 Å². The van der Waals surface area contributed by atoms with Crippen molar-refractivity contribution in [3.05, 3.63) is 60.2 Å². The molecule has 1 aromatic carbocycles. The Labute approximate surface area is 246 Å². The fourth-order valence-electron chi connectivity index (χ4n) is 6.71. The molecule has 10 heteroatoms. The number of amides is 3. The van der Waals surface area contributed by atoms with Crippen molar-refractivity contribution in [3.63, 3.8) is 0 Å². The third-order valence-corrected chi connectivity index (χ3v) is 8.84. The number of unbranched alkanes of at least 4 members (excludes halogenated alkanes) is 2. The quantitative estimate of drug-likeness (QED) is 0.289. The number of hydrogen-bond acceptors (Lipinski definition) is 7. The van der Waals surface area contributed by atoms with Gasteiger partial charge in [0.05, 0.1) is 31.2 Å². The smallest absolute Gasteiger partial charge is 0.313 e. The first-order chi connectivity index (χ1) is 20.3. The van der Waals surface area contributed by atoms with E-state index in [9.17, 15) is 24.3 Å². The van der Waals surface area contributed by atoms with Gasteiger partial charge in [0.2, 0.25) is 17.7 Å². The van der Waals surface area contributed by atoms with Crippen LogP contribution in [0.15, 0.2) is 54.6 Å². The largest absolute Gasteiger partial charge is 0.455 e. The Kier molecular flexibility index (Phi) is 9.13. The summed E-state index contributed by atoms with van der Waals surface area (Å²) in [6.45, 7) is 4.44. The van der Waals surface area contributed by atoms with Gasteiger partial charge in [0.15, 0.2) is 0 Å². The maximum atomic E-state index is 14.3. The number of likely N-dealkylation sites (tertiary alicyclic amines) is 1. The predicted molar refractivity (Wildman–Crippen MR) is 154 cm³/mol. The molecule has 10 nitrogen and oxygen atoms in total. The number of aliphatic hydroxyl groups excluding tert-OH is 1. The Morgan fingerprint density at radius 3 is 2.62 bits per heavy atom. The number of carbonyl (C=O) groups is 4. The molecule has 0 unspecified atom stereocenters. The highest BCUT2D eigenvalue weighted by Gasteiger charge is 2.72. The molecule has 1 aromatic rings. The maximum absolute atomic E-state index is 14.3. The average Bonchev–Trinajstić information content (AvgIpc) is 3.39. The molecule has 226 valence electrons. The summed E-state index contributed by atoms with van der Waals surface area (Å²) >= 11 is 0. The van der Waals surface area contributed by atoms with Gasteiger partial charge in [-0.05, 0) is 25.3 Å². The van der Waals surface area contributed by atoms with Gasteiger partial charge in [-0.15, -0.1) is 0 Å². The second-order valence-corrected chi connectivity index (χ2v) is 11.6. The van der Waals surface area contributed by atoms with Gasteiger partial charge in [0.1, 0.15) is 23.7 Å². The van der Waals surface area contributed by atoms with Crippen molar-refractivity contribution in [2.75, 3.05) is 26.2 Å². The van der Waals surface area contributed by atoms with Crippen LogP contribution in [0, 0.1) is 11.8 Å². The van der Waals surface area contributed by atoms with Crippen molar-refractivity contribution < 1.29 is 33.8 Å². The number of aliphatic hydroxyl groups is 1. The molecule has 0 radical (unpaired) electrons. The fourth-order valence-corrected chi connectivity index (χ4v) is 6.71. The van der Waals surface area contributed by atoms with Gasteiger partial charge in [-0.3, -0.25) is 19.2 Å². The molecule has 0 aliphatic carbocycles. The minimum atomic E-state index is -1.41. The third kappa shape index (κ3) is 5.49. The van der Waals surface area contributed by atoms with Gasteiger partial charge in [0.25, 0.3) is 0 Å². The van der Waals surface area contributed by atoms with Gasteiger partial charge in [-0.1, -0.05) is 74.4 Å². The Morgan fingerprint density at radius 1 is 1.10 bits per heavy atom. The number of allylic oxidation sites excluding steroid dienone is 1. The number of benzene rings is 1. The Morgan fingerprint density at radius 2 is 1.88 bits per heavy atom. The van der Waals surface area contributed by atoms with Crippen molar-refractivity contribution in [2.24, 2.45) is 11.8 Å². The minimum absolute atomic E-state index is 0.0850. The van der Waals surface area contributed by atoms with E-state index in [0.717, 1.165) is 19.3 Å². The van der Waals surface area contributed by atoms with Crippen LogP contribution in [0.4, 0.5) is 0 Å². The highest BCUT2D eigenvalue weighted by Crippen LogP contribution is 2.53. The zero-order valence-corrected chi connectivity index (χ0v) is 24.3. The normalized spacial score (nSPS) is 33.0. The zero-order chi connectivity index (χ0) is 29.9. The summed E-state index contributed by atoms with van der Waals surface area (Å²) in [6.07, 6.45) is 9.00. The lowest BCUT2D eigenvalue weighted by molar-refractivity contribution is -0.160. The van der Waals surface area contributed by atoms with Gasteiger partial charge in [0, 0.05) is 19.5 Å². The lowest BCUT2D eigenvalue weighted by atomic mass is 9.78. The number of ether oxygens (including phenoxy) is 2. The van der Waals surface area contributed by atoms with E-state index in [1.54, 1.807) is 30.1 Å². The Balaban J connectivity index is 1.56. The van der Waals surface area contributed by atoms with Crippen LogP contribution in [0.3, 0.4) is 0 Å². The average molecular weight is 580 g/mol. The van der Waals surface area contributed by atoms with E-state index in [-0.39, 0.29) is 31.4 Å². The SMILES string of the molecule is CCCCCN1CC=C[C@@]23O[C@H]4/C=C\CCC(=O)NC[C@H](c5ccccc5)OC(=O)[C@H]4[C@@H]2C(=O)N([C@H](C)CO)[C@H]3C1=O. The number of cyclic esters (lactones) is 1. The number of esters is 1. The number of fused-ring (bicyclic) bond motifs is 2. The predicted octanol–water partition coefficient (Wildman–Crippen LogP) is 2.29. The second-order valence-electron chi connectivity index (χ2n) is 11.6.